The Morgan fingerprint density at radius 3 is 2.77 bits per heavy atom. The van der Waals surface area contributed by atoms with Gasteiger partial charge in [0.05, 0.1) is 42.9 Å². The molecule has 0 N–H and O–H groups in total. The standard InChI is InChI=1S/C26H31FN4O3S/c27-19-6-7-22-21(13-19)26(33)31(17-29-22)23(12-18-4-2-1-3-5-18)24(32)14-25-28-15-20(35-25)16-30-8-10-34-11-9-30/h6-7,13,15,17-18,23H,1-5,8-12,14,16H2. The number of ketones is 1. The van der Waals surface area contributed by atoms with Gasteiger partial charge < -0.3 is 4.74 Å². The Morgan fingerprint density at radius 2 is 1.97 bits per heavy atom. The van der Waals surface area contributed by atoms with Crippen molar-refractivity contribution in [3.63, 3.8) is 0 Å². The van der Waals surface area contributed by atoms with Crippen LogP contribution in [0.1, 0.15) is 54.5 Å². The number of ether oxygens (including phenoxy) is 1. The molecule has 2 fully saturated rings. The number of Topliss-reactive ketones (excluding diaryl/α,β-unsaturated/α-hetero) is 1. The molecule has 0 bridgehead atoms. The number of benzene rings is 1. The van der Waals surface area contributed by atoms with Gasteiger partial charge in [-0.25, -0.2) is 14.4 Å². The molecule has 7 nitrogen and oxygen atoms in total. The molecular weight excluding hydrogens is 467 g/mol. The molecule has 1 aliphatic carbocycles. The van der Waals surface area contributed by atoms with Crippen LogP contribution in [0, 0.1) is 11.7 Å². The van der Waals surface area contributed by atoms with Gasteiger partial charge in [-0.1, -0.05) is 32.1 Å². The number of thiazole rings is 1. The van der Waals surface area contributed by atoms with E-state index < -0.39 is 11.9 Å². The maximum absolute atomic E-state index is 13.9. The maximum Gasteiger partial charge on any atom is 0.261 e. The van der Waals surface area contributed by atoms with E-state index in [1.54, 1.807) is 11.3 Å². The fraction of sp³-hybridized carbons (Fsp3) is 0.538. The summed E-state index contributed by atoms with van der Waals surface area (Å²) in [7, 11) is 0. The summed E-state index contributed by atoms with van der Waals surface area (Å²) >= 11 is 1.56. The molecule has 3 aromatic rings. The predicted molar refractivity (Wildman–Crippen MR) is 133 cm³/mol. The molecule has 0 amide bonds. The monoisotopic (exact) mass is 498 g/mol. The first kappa shape index (κ1) is 24.2. The zero-order chi connectivity index (χ0) is 24.2. The highest BCUT2D eigenvalue weighted by atomic mass is 32.1. The van der Waals surface area contributed by atoms with Gasteiger partial charge >= 0.3 is 0 Å². The highest BCUT2D eigenvalue weighted by Gasteiger charge is 2.28. The second-order valence-corrected chi connectivity index (χ2v) is 10.8. The Balaban J connectivity index is 1.38. The summed E-state index contributed by atoms with van der Waals surface area (Å²) in [6, 6.07) is 3.38. The van der Waals surface area contributed by atoms with E-state index in [1.807, 2.05) is 6.20 Å². The average molecular weight is 499 g/mol. The first-order chi connectivity index (χ1) is 17.1. The third-order valence-corrected chi connectivity index (χ3v) is 8.13. The van der Waals surface area contributed by atoms with Gasteiger partial charge in [-0.2, -0.15) is 0 Å². The lowest BCUT2D eigenvalue weighted by molar-refractivity contribution is -0.122. The molecule has 1 saturated carbocycles. The minimum absolute atomic E-state index is 0.0394. The quantitative estimate of drug-likeness (QED) is 0.464. The van der Waals surface area contributed by atoms with Crippen LogP contribution in [0.3, 0.4) is 0 Å². The van der Waals surface area contributed by atoms with Crippen molar-refractivity contribution in [2.45, 2.75) is 57.5 Å². The van der Waals surface area contributed by atoms with E-state index in [-0.39, 0.29) is 23.1 Å². The van der Waals surface area contributed by atoms with Gasteiger partial charge in [-0.3, -0.25) is 19.1 Å². The van der Waals surface area contributed by atoms with E-state index in [4.69, 9.17) is 4.74 Å². The number of carbonyl (C=O) groups excluding carboxylic acids is 1. The van der Waals surface area contributed by atoms with Crippen molar-refractivity contribution in [3.05, 3.63) is 56.8 Å². The maximum atomic E-state index is 13.9. The molecule has 1 unspecified atom stereocenters. The summed E-state index contributed by atoms with van der Waals surface area (Å²) < 4.78 is 20.7. The van der Waals surface area contributed by atoms with Crippen LogP contribution >= 0.6 is 11.3 Å². The Morgan fingerprint density at radius 1 is 1.17 bits per heavy atom. The highest BCUT2D eigenvalue weighted by molar-refractivity contribution is 7.11. The van der Waals surface area contributed by atoms with Crippen LogP contribution in [0.15, 0.2) is 35.5 Å². The third-order valence-electron chi connectivity index (χ3n) is 7.14. The molecule has 1 aliphatic heterocycles. The van der Waals surface area contributed by atoms with Crippen LogP contribution in [0.5, 0.6) is 0 Å². The molecule has 1 aromatic carbocycles. The average Bonchev–Trinajstić information content (AvgIpc) is 3.31. The SMILES string of the molecule is O=C(Cc1ncc(CN2CCOCC2)s1)C(CC1CCCCC1)n1cnc2ccc(F)cc2c1=O. The van der Waals surface area contributed by atoms with Crippen molar-refractivity contribution in [3.8, 4) is 0 Å². The van der Waals surface area contributed by atoms with Crippen molar-refractivity contribution in [1.82, 2.24) is 19.4 Å². The Labute approximate surface area is 208 Å². The van der Waals surface area contributed by atoms with E-state index in [1.165, 1.54) is 35.5 Å². The molecule has 35 heavy (non-hydrogen) atoms. The molecule has 0 radical (unpaired) electrons. The number of hydrogen-bond donors (Lipinski definition) is 0. The number of rotatable bonds is 8. The van der Waals surface area contributed by atoms with E-state index in [2.05, 4.69) is 14.9 Å². The second kappa shape index (κ2) is 11.1. The third kappa shape index (κ3) is 5.85. The lowest BCUT2D eigenvalue weighted by Crippen LogP contribution is -2.35. The van der Waals surface area contributed by atoms with E-state index in [9.17, 15) is 14.0 Å². The Kier molecular flexibility index (Phi) is 7.65. The second-order valence-electron chi connectivity index (χ2n) is 9.63. The van der Waals surface area contributed by atoms with Crippen LogP contribution in [-0.2, 0) is 22.5 Å². The fourth-order valence-electron chi connectivity index (χ4n) is 5.22. The summed E-state index contributed by atoms with van der Waals surface area (Å²) in [6.07, 6.45) is 9.75. The van der Waals surface area contributed by atoms with Gasteiger partial charge in [0.25, 0.3) is 5.56 Å². The summed E-state index contributed by atoms with van der Waals surface area (Å²) in [5, 5.41) is 0.968. The van der Waals surface area contributed by atoms with E-state index in [0.717, 1.165) is 68.4 Å². The van der Waals surface area contributed by atoms with Crippen molar-refractivity contribution in [2.24, 2.45) is 5.92 Å². The molecule has 0 spiro atoms. The smallest absolute Gasteiger partial charge is 0.261 e. The van der Waals surface area contributed by atoms with Crippen molar-refractivity contribution >= 4 is 28.0 Å². The van der Waals surface area contributed by atoms with Crippen LogP contribution in [0.25, 0.3) is 10.9 Å². The minimum atomic E-state index is -0.627. The summed E-state index contributed by atoms with van der Waals surface area (Å²) in [5.41, 5.74) is 0.0694. The molecule has 5 rings (SSSR count). The topological polar surface area (TPSA) is 77.3 Å². The zero-order valence-electron chi connectivity index (χ0n) is 19.8. The number of morpholine rings is 1. The molecule has 2 aromatic heterocycles. The Hall–Kier alpha value is -2.49. The van der Waals surface area contributed by atoms with Crippen molar-refractivity contribution in [2.75, 3.05) is 26.3 Å². The van der Waals surface area contributed by atoms with Crippen LogP contribution in [0.4, 0.5) is 4.39 Å². The van der Waals surface area contributed by atoms with Crippen LogP contribution < -0.4 is 5.56 Å². The molecule has 3 heterocycles. The van der Waals surface area contributed by atoms with E-state index >= 15 is 0 Å². The zero-order valence-corrected chi connectivity index (χ0v) is 20.6. The summed E-state index contributed by atoms with van der Waals surface area (Å²) in [5.74, 6) is -0.136. The van der Waals surface area contributed by atoms with Crippen molar-refractivity contribution < 1.29 is 13.9 Å². The number of aromatic nitrogens is 3. The molecule has 9 heteroatoms. The normalized spacial score (nSPS) is 18.7. The first-order valence-corrected chi connectivity index (χ1v) is 13.3. The van der Waals surface area contributed by atoms with Crippen LogP contribution in [-0.4, -0.2) is 51.5 Å². The lowest BCUT2D eigenvalue weighted by atomic mass is 9.83. The number of nitrogens with zero attached hydrogens (tertiary/aromatic N) is 4. The fourth-order valence-corrected chi connectivity index (χ4v) is 6.19. The lowest BCUT2D eigenvalue weighted by Gasteiger charge is -2.27. The number of fused-ring (bicyclic) bond motifs is 1. The van der Waals surface area contributed by atoms with Gasteiger partial charge in [-0.15, -0.1) is 11.3 Å². The van der Waals surface area contributed by atoms with Gasteiger partial charge in [0.2, 0.25) is 0 Å². The highest BCUT2D eigenvalue weighted by Crippen LogP contribution is 2.32. The molecular formula is C26H31FN4O3S. The van der Waals surface area contributed by atoms with Gasteiger partial charge in [-0.05, 0) is 30.5 Å². The first-order valence-electron chi connectivity index (χ1n) is 12.5. The van der Waals surface area contributed by atoms with Gasteiger partial charge in [0.15, 0.2) is 5.78 Å². The Bertz CT molecular complexity index is 1230. The summed E-state index contributed by atoms with van der Waals surface area (Å²) in [4.78, 5) is 39.3. The number of carbonyl (C=O) groups is 1. The molecule has 1 atom stereocenters. The molecule has 1 saturated heterocycles. The van der Waals surface area contributed by atoms with Crippen molar-refractivity contribution in [1.29, 1.82) is 0 Å². The van der Waals surface area contributed by atoms with Gasteiger partial charge in [0, 0.05) is 30.7 Å². The van der Waals surface area contributed by atoms with Crippen LogP contribution in [0.2, 0.25) is 0 Å². The predicted octanol–water partition coefficient (Wildman–Crippen LogP) is 4.15. The largest absolute Gasteiger partial charge is 0.379 e. The number of halogens is 1. The molecule has 186 valence electrons. The number of hydrogen-bond acceptors (Lipinski definition) is 7. The van der Waals surface area contributed by atoms with E-state index in [0.29, 0.717) is 17.9 Å². The van der Waals surface area contributed by atoms with Gasteiger partial charge in [0.1, 0.15) is 10.8 Å². The summed E-state index contributed by atoms with van der Waals surface area (Å²) in [6.45, 7) is 4.08. The molecule has 2 aliphatic rings. The minimum Gasteiger partial charge on any atom is -0.379 e.